The zero-order chi connectivity index (χ0) is 24.4. The molecule has 0 radical (unpaired) electrons. The molecule has 9 heteroatoms. The molecule has 2 aromatic carbocycles. The van der Waals surface area contributed by atoms with Crippen LogP contribution in [-0.2, 0) is 9.59 Å². The largest absolute Gasteiger partial charge is 0.505 e. The topological polar surface area (TPSA) is 115 Å². The van der Waals surface area contributed by atoms with Crippen LogP contribution in [0.5, 0.6) is 5.75 Å². The third kappa shape index (κ3) is 4.11. The second-order valence-corrected chi connectivity index (χ2v) is 7.94. The monoisotopic (exact) mass is 460 g/mol. The van der Waals surface area contributed by atoms with E-state index in [-0.39, 0.29) is 28.4 Å². The van der Waals surface area contributed by atoms with Gasteiger partial charge in [-0.15, -0.1) is 0 Å². The number of carbonyl (C=O) groups excluding carboxylic acids is 3. The second-order valence-electron chi connectivity index (χ2n) is 7.94. The molecule has 0 aliphatic carbocycles. The van der Waals surface area contributed by atoms with Crippen molar-refractivity contribution in [3.05, 3.63) is 89.6 Å². The number of rotatable bonds is 7. The Morgan fingerprint density at radius 3 is 2.32 bits per heavy atom. The van der Waals surface area contributed by atoms with Gasteiger partial charge in [0.1, 0.15) is 17.2 Å². The molecule has 1 aliphatic rings. The van der Waals surface area contributed by atoms with Gasteiger partial charge in [-0.3, -0.25) is 14.4 Å². The zero-order valence-corrected chi connectivity index (χ0v) is 18.9. The van der Waals surface area contributed by atoms with Crippen LogP contribution in [0.2, 0.25) is 0 Å². The summed E-state index contributed by atoms with van der Waals surface area (Å²) in [5.41, 5.74) is 0.535. The van der Waals surface area contributed by atoms with Crippen molar-refractivity contribution < 1.29 is 23.9 Å². The van der Waals surface area contributed by atoms with Crippen molar-refractivity contribution in [2.24, 2.45) is 0 Å². The van der Waals surface area contributed by atoms with E-state index in [1.54, 1.807) is 69.6 Å². The summed E-state index contributed by atoms with van der Waals surface area (Å²) in [6.07, 6.45) is 1.52. The molecule has 3 amide bonds. The fourth-order valence-corrected chi connectivity index (χ4v) is 3.61. The van der Waals surface area contributed by atoms with E-state index in [1.807, 2.05) is 0 Å². The second kappa shape index (κ2) is 9.14. The normalized spacial score (nSPS) is 14.4. The van der Waals surface area contributed by atoms with Gasteiger partial charge in [0, 0.05) is 14.1 Å². The number of carbonyl (C=O) groups is 3. The molecule has 0 saturated carbocycles. The molecular formula is C25H24N4O5. The van der Waals surface area contributed by atoms with Gasteiger partial charge >= 0.3 is 0 Å². The highest BCUT2D eigenvalue weighted by atomic mass is 16.3. The number of phenols is 1. The zero-order valence-electron chi connectivity index (χ0n) is 18.9. The molecule has 1 unspecified atom stereocenters. The van der Waals surface area contributed by atoms with Gasteiger partial charge in [0.2, 0.25) is 0 Å². The van der Waals surface area contributed by atoms with Crippen LogP contribution in [0.1, 0.15) is 29.1 Å². The minimum absolute atomic E-state index is 0.0153. The molecule has 0 bridgehead atoms. The highest BCUT2D eigenvalue weighted by molar-refractivity contribution is 6.33. The summed E-state index contributed by atoms with van der Waals surface area (Å²) in [5, 5.41) is 16.7. The van der Waals surface area contributed by atoms with E-state index in [2.05, 4.69) is 10.6 Å². The van der Waals surface area contributed by atoms with E-state index in [0.717, 1.165) is 4.90 Å². The molecule has 2 heterocycles. The molecule has 0 saturated heterocycles. The first-order chi connectivity index (χ1) is 16.3. The van der Waals surface area contributed by atoms with Gasteiger partial charge in [-0.2, -0.15) is 0 Å². The lowest BCUT2D eigenvalue weighted by Gasteiger charge is -2.16. The molecular weight excluding hydrogens is 436 g/mol. The molecule has 1 aliphatic heterocycles. The maximum Gasteiger partial charge on any atom is 0.284 e. The number of phenolic OH excluding ortho intramolecular Hbond substituents is 1. The number of para-hydroxylation sites is 2. The van der Waals surface area contributed by atoms with Gasteiger partial charge in [0.15, 0.2) is 5.75 Å². The summed E-state index contributed by atoms with van der Waals surface area (Å²) in [6.45, 7) is 1.79. The number of benzene rings is 2. The Morgan fingerprint density at radius 1 is 0.971 bits per heavy atom. The fourth-order valence-electron chi connectivity index (χ4n) is 3.61. The Hall–Kier alpha value is -4.53. The van der Waals surface area contributed by atoms with Crippen LogP contribution in [0.25, 0.3) is 0 Å². The molecule has 4 rings (SSSR count). The highest BCUT2D eigenvalue weighted by Gasteiger charge is 2.41. The van der Waals surface area contributed by atoms with Gasteiger partial charge < -0.3 is 25.1 Å². The summed E-state index contributed by atoms with van der Waals surface area (Å²) in [7, 11) is 3.14. The number of imide groups is 1. The average molecular weight is 460 g/mol. The van der Waals surface area contributed by atoms with Crippen molar-refractivity contribution in [3.8, 4) is 5.75 Å². The summed E-state index contributed by atoms with van der Waals surface area (Å²) >= 11 is 0. The van der Waals surface area contributed by atoms with E-state index in [9.17, 15) is 19.5 Å². The van der Waals surface area contributed by atoms with Crippen molar-refractivity contribution >= 4 is 29.1 Å². The molecule has 1 atom stereocenters. The Labute approximate surface area is 196 Å². The summed E-state index contributed by atoms with van der Waals surface area (Å²) in [4.78, 5) is 41.6. The number of amides is 3. The van der Waals surface area contributed by atoms with Crippen molar-refractivity contribution in [3.63, 3.8) is 0 Å². The third-order valence-corrected chi connectivity index (χ3v) is 5.36. The van der Waals surface area contributed by atoms with Crippen LogP contribution >= 0.6 is 0 Å². The van der Waals surface area contributed by atoms with Crippen molar-refractivity contribution in [1.29, 1.82) is 0 Å². The third-order valence-electron chi connectivity index (χ3n) is 5.36. The van der Waals surface area contributed by atoms with Crippen molar-refractivity contribution in [1.82, 2.24) is 10.2 Å². The molecule has 0 fully saturated rings. The number of furan rings is 1. The highest BCUT2D eigenvalue weighted by Crippen LogP contribution is 2.33. The maximum absolute atomic E-state index is 13.4. The van der Waals surface area contributed by atoms with Crippen LogP contribution in [0.4, 0.5) is 11.4 Å². The first-order valence-electron chi connectivity index (χ1n) is 10.6. The lowest BCUT2D eigenvalue weighted by Crippen LogP contribution is -2.34. The lowest BCUT2D eigenvalue weighted by molar-refractivity contribution is -0.120. The summed E-state index contributed by atoms with van der Waals surface area (Å²) in [5.74, 6) is -1.32. The fraction of sp³-hybridized carbons (Fsp3) is 0.160. The Bertz CT molecular complexity index is 1270. The summed E-state index contributed by atoms with van der Waals surface area (Å²) < 4.78 is 5.42. The van der Waals surface area contributed by atoms with E-state index in [1.165, 1.54) is 23.3 Å². The first kappa shape index (κ1) is 22.7. The standard InChI is InChI=1S/C25H24N4O5/c1-15(19-13-8-14-34-19)26-20-21(25(33)29(24(20)32)16-9-5-4-6-10-16)27-18-12-7-11-17(22(18)30)23(31)28(2)3/h4-15,26-27,30H,1-3H3. The van der Waals surface area contributed by atoms with Crippen LogP contribution in [0, 0.1) is 0 Å². The van der Waals surface area contributed by atoms with Crippen LogP contribution in [0.15, 0.2) is 82.7 Å². The number of anilines is 2. The Balaban J connectivity index is 1.75. The molecule has 3 aromatic rings. The molecule has 3 N–H and O–H groups in total. The quantitative estimate of drug-likeness (QED) is 0.366. The first-order valence-corrected chi connectivity index (χ1v) is 10.6. The van der Waals surface area contributed by atoms with Crippen molar-refractivity contribution in [2.45, 2.75) is 13.0 Å². The minimum Gasteiger partial charge on any atom is -0.505 e. The van der Waals surface area contributed by atoms with E-state index in [0.29, 0.717) is 11.4 Å². The van der Waals surface area contributed by atoms with Gasteiger partial charge in [0.25, 0.3) is 17.7 Å². The summed E-state index contributed by atoms with van der Waals surface area (Å²) in [6, 6.07) is 16.2. The molecule has 1 aromatic heterocycles. The Morgan fingerprint density at radius 2 is 1.68 bits per heavy atom. The molecule has 0 spiro atoms. The predicted molar refractivity (Wildman–Crippen MR) is 126 cm³/mol. The van der Waals surface area contributed by atoms with E-state index >= 15 is 0 Å². The Kier molecular flexibility index (Phi) is 6.09. The number of hydrogen-bond acceptors (Lipinski definition) is 7. The van der Waals surface area contributed by atoms with Crippen molar-refractivity contribution in [2.75, 3.05) is 24.3 Å². The maximum atomic E-state index is 13.4. The van der Waals surface area contributed by atoms with Gasteiger partial charge in [-0.25, -0.2) is 4.90 Å². The molecule has 174 valence electrons. The van der Waals surface area contributed by atoms with E-state index < -0.39 is 23.8 Å². The smallest absolute Gasteiger partial charge is 0.284 e. The number of nitrogens with one attached hydrogen (secondary N) is 2. The SMILES string of the molecule is CC(NC1=C(Nc2cccc(C(=O)N(C)C)c2O)C(=O)N(c2ccccc2)C1=O)c1ccco1. The predicted octanol–water partition coefficient (Wildman–Crippen LogP) is 3.23. The number of hydrogen-bond donors (Lipinski definition) is 3. The van der Waals surface area contributed by atoms with Crippen LogP contribution in [-0.4, -0.2) is 41.8 Å². The lowest BCUT2D eigenvalue weighted by atomic mass is 10.1. The van der Waals surface area contributed by atoms with Gasteiger partial charge in [-0.1, -0.05) is 24.3 Å². The number of aromatic hydroxyl groups is 1. The molecule has 34 heavy (non-hydrogen) atoms. The van der Waals surface area contributed by atoms with E-state index in [4.69, 9.17) is 4.42 Å². The number of nitrogens with zero attached hydrogens (tertiary/aromatic N) is 2. The van der Waals surface area contributed by atoms with Crippen LogP contribution in [0.3, 0.4) is 0 Å². The average Bonchev–Trinajstić information content (AvgIpc) is 3.44. The van der Waals surface area contributed by atoms with Gasteiger partial charge in [0.05, 0.1) is 29.2 Å². The minimum atomic E-state index is -0.603. The molecule has 9 nitrogen and oxygen atoms in total. The van der Waals surface area contributed by atoms with Gasteiger partial charge in [-0.05, 0) is 43.3 Å². The van der Waals surface area contributed by atoms with Crippen LogP contribution < -0.4 is 15.5 Å².